The lowest BCUT2D eigenvalue weighted by Crippen LogP contribution is -2.32. The van der Waals surface area contributed by atoms with Gasteiger partial charge >= 0.3 is 0 Å². The predicted molar refractivity (Wildman–Crippen MR) is 100 cm³/mol. The molecule has 2 aromatic heterocycles. The summed E-state index contributed by atoms with van der Waals surface area (Å²) in [6, 6.07) is 8.50. The van der Waals surface area contributed by atoms with Gasteiger partial charge in [-0.25, -0.2) is 4.98 Å². The molecular weight excluding hydrogens is 370 g/mol. The predicted octanol–water partition coefficient (Wildman–Crippen LogP) is 2.79. The third-order valence-corrected chi connectivity index (χ3v) is 4.35. The second-order valence-corrected chi connectivity index (χ2v) is 6.17. The van der Waals surface area contributed by atoms with Crippen LogP contribution in [0.2, 0.25) is 0 Å². The van der Waals surface area contributed by atoms with E-state index in [1.165, 1.54) is 23.7 Å². The fraction of sp³-hybridized carbons (Fsp3) is 0.167. The summed E-state index contributed by atoms with van der Waals surface area (Å²) in [7, 11) is 3.15. The molecule has 0 unspecified atom stereocenters. The van der Waals surface area contributed by atoms with E-state index in [-0.39, 0.29) is 12.3 Å². The number of thiazole rings is 1. The molecule has 0 aliphatic heterocycles. The van der Waals surface area contributed by atoms with Crippen molar-refractivity contribution in [1.29, 1.82) is 0 Å². The zero-order valence-electron chi connectivity index (χ0n) is 14.6. The number of rotatable bonds is 7. The molecule has 0 aliphatic rings. The quantitative estimate of drug-likeness (QED) is 0.646. The molecule has 2 N–H and O–H groups in total. The van der Waals surface area contributed by atoms with Gasteiger partial charge in [0.2, 0.25) is 5.91 Å². The maximum absolute atomic E-state index is 12.0. The standard InChI is InChI=1S/C18H17N3O5S/c1-24-11-5-6-14(25-2)12(8-11)13-10-27-18(20-13)21-16(22)9-19-17(23)15-4-3-7-26-15/h3-8,10H,9H2,1-2H3,(H,19,23)(H,20,21,22). The third kappa shape index (κ3) is 4.45. The highest BCUT2D eigenvalue weighted by Crippen LogP contribution is 2.34. The number of hydrogen-bond donors (Lipinski definition) is 2. The van der Waals surface area contributed by atoms with E-state index >= 15 is 0 Å². The Labute approximate surface area is 159 Å². The first-order chi connectivity index (χ1) is 13.1. The Kier molecular flexibility index (Phi) is 5.72. The lowest BCUT2D eigenvalue weighted by molar-refractivity contribution is -0.115. The van der Waals surface area contributed by atoms with E-state index in [9.17, 15) is 9.59 Å². The summed E-state index contributed by atoms with van der Waals surface area (Å²) < 4.78 is 15.6. The molecule has 3 rings (SSSR count). The highest BCUT2D eigenvalue weighted by Gasteiger charge is 2.14. The van der Waals surface area contributed by atoms with Crippen molar-refractivity contribution in [3.63, 3.8) is 0 Å². The van der Waals surface area contributed by atoms with Crippen LogP contribution >= 0.6 is 11.3 Å². The molecule has 9 heteroatoms. The first kappa shape index (κ1) is 18.5. The lowest BCUT2D eigenvalue weighted by atomic mass is 10.1. The number of carbonyl (C=O) groups is 2. The molecule has 27 heavy (non-hydrogen) atoms. The molecule has 0 atom stereocenters. The van der Waals surface area contributed by atoms with Crippen LogP contribution in [0.25, 0.3) is 11.3 Å². The summed E-state index contributed by atoms with van der Waals surface area (Å²) in [5.74, 6) is 0.601. The van der Waals surface area contributed by atoms with Crippen molar-refractivity contribution in [1.82, 2.24) is 10.3 Å². The summed E-state index contributed by atoms with van der Waals surface area (Å²) in [5, 5.41) is 7.33. The van der Waals surface area contributed by atoms with Gasteiger partial charge in [-0.15, -0.1) is 11.3 Å². The van der Waals surface area contributed by atoms with Crippen LogP contribution in [-0.4, -0.2) is 37.6 Å². The van der Waals surface area contributed by atoms with E-state index in [1.807, 2.05) is 6.07 Å². The molecule has 0 aliphatic carbocycles. The number of carbonyl (C=O) groups excluding carboxylic acids is 2. The van der Waals surface area contributed by atoms with Crippen molar-refractivity contribution in [2.24, 2.45) is 0 Å². The van der Waals surface area contributed by atoms with E-state index in [0.29, 0.717) is 22.3 Å². The Balaban J connectivity index is 1.64. The normalized spacial score (nSPS) is 10.3. The van der Waals surface area contributed by atoms with E-state index in [0.717, 1.165) is 5.56 Å². The topological polar surface area (TPSA) is 103 Å². The Morgan fingerprint density at radius 1 is 1.22 bits per heavy atom. The highest BCUT2D eigenvalue weighted by atomic mass is 32.1. The Morgan fingerprint density at radius 3 is 2.78 bits per heavy atom. The first-order valence-electron chi connectivity index (χ1n) is 7.90. The molecule has 0 saturated carbocycles. The van der Waals surface area contributed by atoms with Gasteiger partial charge in [-0.3, -0.25) is 9.59 Å². The van der Waals surface area contributed by atoms with Crippen LogP contribution in [0, 0.1) is 0 Å². The van der Waals surface area contributed by atoms with Crippen LogP contribution in [0.1, 0.15) is 10.6 Å². The number of methoxy groups -OCH3 is 2. The monoisotopic (exact) mass is 387 g/mol. The number of amides is 2. The van der Waals surface area contributed by atoms with Crippen LogP contribution < -0.4 is 20.1 Å². The molecule has 0 spiro atoms. The fourth-order valence-corrected chi connectivity index (χ4v) is 3.01. The van der Waals surface area contributed by atoms with Crippen LogP contribution in [-0.2, 0) is 4.79 Å². The molecule has 140 valence electrons. The van der Waals surface area contributed by atoms with Gasteiger partial charge in [0.15, 0.2) is 10.9 Å². The minimum Gasteiger partial charge on any atom is -0.497 e. The number of hydrogen-bond acceptors (Lipinski definition) is 7. The number of anilines is 1. The molecule has 0 fully saturated rings. The van der Waals surface area contributed by atoms with Gasteiger partial charge in [0, 0.05) is 10.9 Å². The van der Waals surface area contributed by atoms with E-state index in [1.54, 1.807) is 37.8 Å². The number of furan rings is 1. The maximum Gasteiger partial charge on any atom is 0.287 e. The second-order valence-electron chi connectivity index (χ2n) is 5.31. The smallest absolute Gasteiger partial charge is 0.287 e. The summed E-state index contributed by atoms with van der Waals surface area (Å²) >= 11 is 1.27. The van der Waals surface area contributed by atoms with Gasteiger partial charge in [-0.05, 0) is 30.3 Å². The number of ether oxygens (including phenoxy) is 2. The van der Waals surface area contributed by atoms with Gasteiger partial charge < -0.3 is 24.5 Å². The largest absolute Gasteiger partial charge is 0.497 e. The average molecular weight is 387 g/mol. The number of aromatic nitrogens is 1. The molecule has 8 nitrogen and oxygen atoms in total. The first-order valence-corrected chi connectivity index (χ1v) is 8.78. The zero-order chi connectivity index (χ0) is 19.2. The van der Waals surface area contributed by atoms with Crippen molar-refractivity contribution >= 4 is 28.3 Å². The Morgan fingerprint density at radius 2 is 2.07 bits per heavy atom. The molecule has 0 bridgehead atoms. The summed E-state index contributed by atoms with van der Waals surface area (Å²) in [6.07, 6.45) is 1.39. The molecule has 0 radical (unpaired) electrons. The van der Waals surface area contributed by atoms with E-state index < -0.39 is 11.8 Å². The Hall–Kier alpha value is -3.33. The van der Waals surface area contributed by atoms with Gasteiger partial charge in [-0.2, -0.15) is 0 Å². The minimum absolute atomic E-state index is 0.143. The average Bonchev–Trinajstić information content (AvgIpc) is 3.37. The van der Waals surface area contributed by atoms with Crippen molar-refractivity contribution < 1.29 is 23.5 Å². The van der Waals surface area contributed by atoms with Gasteiger partial charge in [0.25, 0.3) is 5.91 Å². The second kappa shape index (κ2) is 8.37. The number of benzene rings is 1. The van der Waals surface area contributed by atoms with Crippen molar-refractivity contribution in [3.8, 4) is 22.8 Å². The van der Waals surface area contributed by atoms with Crippen LogP contribution in [0.5, 0.6) is 11.5 Å². The molecule has 3 aromatic rings. The Bertz CT molecular complexity index is 936. The van der Waals surface area contributed by atoms with Crippen LogP contribution in [0.4, 0.5) is 5.13 Å². The molecule has 0 saturated heterocycles. The van der Waals surface area contributed by atoms with Crippen molar-refractivity contribution in [2.75, 3.05) is 26.1 Å². The molecule has 2 amide bonds. The summed E-state index contributed by atoms with van der Waals surface area (Å²) in [5.41, 5.74) is 1.39. The van der Waals surface area contributed by atoms with Crippen LogP contribution in [0.3, 0.4) is 0 Å². The van der Waals surface area contributed by atoms with Gasteiger partial charge in [0.05, 0.1) is 32.7 Å². The van der Waals surface area contributed by atoms with E-state index in [4.69, 9.17) is 13.9 Å². The number of nitrogens with zero attached hydrogens (tertiary/aromatic N) is 1. The molecule has 1 aromatic carbocycles. The van der Waals surface area contributed by atoms with Crippen molar-refractivity contribution in [3.05, 3.63) is 47.7 Å². The van der Waals surface area contributed by atoms with Gasteiger partial charge in [-0.1, -0.05) is 0 Å². The summed E-state index contributed by atoms with van der Waals surface area (Å²) in [6.45, 7) is -0.197. The maximum atomic E-state index is 12.0. The van der Waals surface area contributed by atoms with E-state index in [2.05, 4.69) is 15.6 Å². The zero-order valence-corrected chi connectivity index (χ0v) is 15.5. The molecule has 2 heterocycles. The fourth-order valence-electron chi connectivity index (χ4n) is 2.29. The summed E-state index contributed by atoms with van der Waals surface area (Å²) in [4.78, 5) is 28.2. The SMILES string of the molecule is COc1ccc(OC)c(-c2csc(NC(=O)CNC(=O)c3ccco3)n2)c1. The van der Waals surface area contributed by atoms with Gasteiger partial charge in [0.1, 0.15) is 11.5 Å². The van der Waals surface area contributed by atoms with Crippen LogP contribution in [0.15, 0.2) is 46.4 Å². The number of nitrogens with one attached hydrogen (secondary N) is 2. The van der Waals surface area contributed by atoms with Crippen molar-refractivity contribution in [2.45, 2.75) is 0 Å². The molecular formula is C18H17N3O5S. The lowest BCUT2D eigenvalue weighted by Gasteiger charge is -2.08. The third-order valence-electron chi connectivity index (χ3n) is 3.59. The highest BCUT2D eigenvalue weighted by molar-refractivity contribution is 7.14. The minimum atomic E-state index is -0.462.